The molecule has 2 aromatic heterocycles. The van der Waals surface area contributed by atoms with Gasteiger partial charge in [-0.25, -0.2) is 9.97 Å². The Bertz CT molecular complexity index is 934. The van der Waals surface area contributed by atoms with E-state index in [1.165, 1.54) is 6.33 Å². The second kappa shape index (κ2) is 6.92. The maximum atomic E-state index is 9.63. The van der Waals surface area contributed by atoms with Crippen molar-refractivity contribution in [3.05, 3.63) is 54.6 Å². The van der Waals surface area contributed by atoms with Crippen LogP contribution in [0.25, 0.3) is 11.1 Å². The smallest absolute Gasteiger partial charge is 0.135 e. The molecule has 7 heteroatoms. The molecule has 0 bridgehead atoms. The molecule has 130 valence electrons. The summed E-state index contributed by atoms with van der Waals surface area (Å²) < 4.78 is 2.00. The highest BCUT2D eigenvalue weighted by atomic mass is 15.3. The Morgan fingerprint density at radius 1 is 1.15 bits per heavy atom. The largest absolute Gasteiger partial charge is 0.370 e. The SMILES string of the molecule is Cn1cnnc1C1CCN(c2c(C#N)cccc2-c2cncnc2)CC1. The summed E-state index contributed by atoms with van der Waals surface area (Å²) in [6.07, 6.45) is 8.82. The molecule has 0 atom stereocenters. The van der Waals surface area contributed by atoms with E-state index < -0.39 is 0 Å². The summed E-state index contributed by atoms with van der Waals surface area (Å²) in [7, 11) is 1.99. The lowest BCUT2D eigenvalue weighted by Gasteiger charge is -2.34. The molecule has 0 aliphatic carbocycles. The van der Waals surface area contributed by atoms with E-state index in [-0.39, 0.29) is 0 Å². The van der Waals surface area contributed by atoms with E-state index in [0.29, 0.717) is 11.5 Å². The topological polar surface area (TPSA) is 83.5 Å². The third-order valence-electron chi connectivity index (χ3n) is 4.95. The van der Waals surface area contributed by atoms with Crippen LogP contribution >= 0.6 is 0 Å². The first kappa shape index (κ1) is 16.2. The van der Waals surface area contributed by atoms with Crippen molar-refractivity contribution < 1.29 is 0 Å². The monoisotopic (exact) mass is 345 g/mol. The molecule has 3 aromatic rings. The standard InChI is InChI=1S/C19H19N7/c1-25-13-23-24-19(25)14-5-7-26(8-6-14)18-15(9-20)3-2-4-17(18)16-10-21-12-22-11-16/h2-4,10-14H,5-8H2,1H3. The predicted octanol–water partition coefficient (Wildman–Crippen LogP) is 2.53. The number of piperidine rings is 1. The van der Waals surface area contributed by atoms with Gasteiger partial charge in [0.1, 0.15) is 24.5 Å². The first-order valence-electron chi connectivity index (χ1n) is 8.65. The lowest BCUT2D eigenvalue weighted by Crippen LogP contribution is -2.34. The van der Waals surface area contributed by atoms with Crippen molar-refractivity contribution in [3.8, 4) is 17.2 Å². The Balaban J connectivity index is 1.64. The minimum Gasteiger partial charge on any atom is -0.370 e. The number of hydrogen-bond acceptors (Lipinski definition) is 6. The zero-order valence-electron chi connectivity index (χ0n) is 14.6. The number of aryl methyl sites for hydroxylation is 1. The molecule has 0 radical (unpaired) electrons. The molecular weight excluding hydrogens is 326 g/mol. The number of hydrogen-bond donors (Lipinski definition) is 0. The second-order valence-electron chi connectivity index (χ2n) is 6.50. The normalized spacial score (nSPS) is 15.0. The molecule has 1 aromatic carbocycles. The summed E-state index contributed by atoms with van der Waals surface area (Å²) in [5, 5.41) is 17.9. The van der Waals surface area contributed by atoms with Crippen LogP contribution in [0.4, 0.5) is 5.69 Å². The number of benzene rings is 1. The number of anilines is 1. The fourth-order valence-electron chi connectivity index (χ4n) is 3.67. The molecule has 7 nitrogen and oxygen atoms in total. The van der Waals surface area contributed by atoms with Crippen LogP contribution in [0.1, 0.15) is 30.1 Å². The average molecular weight is 345 g/mol. The lowest BCUT2D eigenvalue weighted by atomic mass is 9.93. The van der Waals surface area contributed by atoms with Crippen molar-refractivity contribution in [3.63, 3.8) is 0 Å². The van der Waals surface area contributed by atoms with Gasteiger partial charge in [-0.2, -0.15) is 5.26 Å². The van der Waals surface area contributed by atoms with Gasteiger partial charge in [-0.15, -0.1) is 10.2 Å². The van der Waals surface area contributed by atoms with Gasteiger partial charge in [0.05, 0.1) is 11.3 Å². The number of nitriles is 1. The zero-order chi connectivity index (χ0) is 17.9. The second-order valence-corrected chi connectivity index (χ2v) is 6.50. The first-order valence-corrected chi connectivity index (χ1v) is 8.65. The number of nitrogens with zero attached hydrogens (tertiary/aromatic N) is 7. The van der Waals surface area contributed by atoms with Crippen molar-refractivity contribution in [2.24, 2.45) is 7.05 Å². The number of aromatic nitrogens is 5. The zero-order valence-corrected chi connectivity index (χ0v) is 14.6. The van der Waals surface area contributed by atoms with Gasteiger partial charge in [0.15, 0.2) is 0 Å². The molecule has 1 fully saturated rings. The van der Waals surface area contributed by atoms with Crippen LogP contribution in [0.15, 0.2) is 43.2 Å². The van der Waals surface area contributed by atoms with E-state index in [0.717, 1.165) is 48.6 Å². The molecule has 0 unspecified atom stereocenters. The van der Waals surface area contributed by atoms with E-state index in [2.05, 4.69) is 31.1 Å². The highest BCUT2D eigenvalue weighted by Gasteiger charge is 2.26. The molecular formula is C19H19N7. The summed E-state index contributed by atoms with van der Waals surface area (Å²) in [6.45, 7) is 1.74. The highest BCUT2D eigenvalue weighted by Crippen LogP contribution is 2.37. The molecule has 3 heterocycles. The lowest BCUT2D eigenvalue weighted by molar-refractivity contribution is 0.474. The van der Waals surface area contributed by atoms with E-state index in [9.17, 15) is 5.26 Å². The van der Waals surface area contributed by atoms with E-state index >= 15 is 0 Å². The van der Waals surface area contributed by atoms with Gasteiger partial charge in [0.2, 0.25) is 0 Å². The van der Waals surface area contributed by atoms with Gasteiger partial charge in [-0.1, -0.05) is 12.1 Å². The summed E-state index contributed by atoms with van der Waals surface area (Å²) >= 11 is 0. The minimum atomic E-state index is 0.400. The predicted molar refractivity (Wildman–Crippen MR) is 97.4 cm³/mol. The third-order valence-corrected chi connectivity index (χ3v) is 4.95. The average Bonchev–Trinajstić information content (AvgIpc) is 3.14. The molecule has 0 amide bonds. The Labute approximate surface area is 152 Å². The molecule has 0 N–H and O–H groups in total. The van der Waals surface area contributed by atoms with Gasteiger partial charge < -0.3 is 9.47 Å². The Morgan fingerprint density at radius 3 is 2.58 bits per heavy atom. The van der Waals surface area contributed by atoms with Gasteiger partial charge in [-0.05, 0) is 18.9 Å². The van der Waals surface area contributed by atoms with Crippen LogP contribution in [0, 0.1) is 11.3 Å². The van der Waals surface area contributed by atoms with Gasteiger partial charge >= 0.3 is 0 Å². The van der Waals surface area contributed by atoms with Gasteiger partial charge in [0.25, 0.3) is 0 Å². The number of rotatable bonds is 3. The Hall–Kier alpha value is -3.27. The minimum absolute atomic E-state index is 0.400. The maximum absolute atomic E-state index is 9.63. The molecule has 1 saturated heterocycles. The fourth-order valence-corrected chi connectivity index (χ4v) is 3.67. The van der Waals surface area contributed by atoms with Crippen molar-refractivity contribution in [2.45, 2.75) is 18.8 Å². The van der Waals surface area contributed by atoms with Crippen LogP contribution in [-0.4, -0.2) is 37.8 Å². The van der Waals surface area contributed by atoms with Gasteiger partial charge in [0, 0.05) is 49.6 Å². The molecule has 0 spiro atoms. The maximum Gasteiger partial charge on any atom is 0.135 e. The first-order chi connectivity index (χ1) is 12.8. The fraction of sp³-hybridized carbons (Fsp3) is 0.316. The van der Waals surface area contributed by atoms with Crippen LogP contribution in [0.2, 0.25) is 0 Å². The van der Waals surface area contributed by atoms with Crippen molar-refractivity contribution in [1.29, 1.82) is 5.26 Å². The highest BCUT2D eigenvalue weighted by molar-refractivity contribution is 5.82. The van der Waals surface area contributed by atoms with E-state index in [4.69, 9.17) is 0 Å². The summed E-state index contributed by atoms with van der Waals surface area (Å²) in [4.78, 5) is 10.6. The van der Waals surface area contributed by atoms with Crippen molar-refractivity contribution in [1.82, 2.24) is 24.7 Å². The molecule has 0 saturated carbocycles. The Kier molecular flexibility index (Phi) is 4.32. The van der Waals surface area contributed by atoms with Crippen molar-refractivity contribution in [2.75, 3.05) is 18.0 Å². The number of para-hydroxylation sites is 1. The summed E-state index contributed by atoms with van der Waals surface area (Å²) in [5.41, 5.74) is 3.58. The molecule has 4 rings (SSSR count). The quantitative estimate of drug-likeness (QED) is 0.725. The molecule has 26 heavy (non-hydrogen) atoms. The van der Waals surface area contributed by atoms with Crippen LogP contribution in [-0.2, 0) is 7.05 Å². The van der Waals surface area contributed by atoms with Crippen LogP contribution in [0.3, 0.4) is 0 Å². The molecule has 1 aliphatic heterocycles. The van der Waals surface area contributed by atoms with Gasteiger partial charge in [-0.3, -0.25) is 0 Å². The third kappa shape index (κ3) is 2.90. The van der Waals surface area contributed by atoms with Crippen molar-refractivity contribution >= 4 is 5.69 Å². The van der Waals surface area contributed by atoms with E-state index in [1.807, 2.05) is 29.8 Å². The Morgan fingerprint density at radius 2 is 1.92 bits per heavy atom. The summed E-state index contributed by atoms with van der Waals surface area (Å²) in [6, 6.07) is 8.16. The van der Waals surface area contributed by atoms with E-state index in [1.54, 1.807) is 18.7 Å². The van der Waals surface area contributed by atoms with Crippen LogP contribution < -0.4 is 4.90 Å². The summed E-state index contributed by atoms with van der Waals surface area (Å²) in [5.74, 6) is 1.44. The molecule has 1 aliphatic rings. The van der Waals surface area contributed by atoms with Crippen LogP contribution in [0.5, 0.6) is 0 Å².